The molecule has 0 N–H and O–H groups in total. The van der Waals surface area contributed by atoms with E-state index in [1.165, 1.54) is 25.7 Å². The first-order chi connectivity index (χ1) is 5.75. The van der Waals surface area contributed by atoms with Crippen molar-refractivity contribution in [3.63, 3.8) is 0 Å². The first-order valence-electron chi connectivity index (χ1n) is 4.83. The smallest absolute Gasteiger partial charge is 0.0364 e. The number of hydrogen-bond acceptors (Lipinski definition) is 0. The Morgan fingerprint density at radius 2 is 2.25 bits per heavy atom. The minimum atomic E-state index is 0.417. The van der Waals surface area contributed by atoms with Crippen LogP contribution in [-0.2, 0) is 0 Å². The molecule has 1 saturated carbocycles. The minimum Gasteiger partial charge on any atom is -0.123 e. The molecule has 0 heterocycles. The van der Waals surface area contributed by atoms with Crippen molar-refractivity contribution >= 4 is 11.6 Å². The average Bonchev–Trinajstić information content (AvgIpc) is 2.36. The van der Waals surface area contributed by atoms with Crippen molar-refractivity contribution in [1.29, 1.82) is 0 Å². The third-order valence-corrected chi connectivity index (χ3v) is 3.64. The molecule has 3 unspecified atom stereocenters. The summed E-state index contributed by atoms with van der Waals surface area (Å²) in [5.41, 5.74) is 0. The maximum Gasteiger partial charge on any atom is 0.0364 e. The Balaban J connectivity index is 2.21. The topological polar surface area (TPSA) is 0 Å². The number of hydrogen-bond donors (Lipinski definition) is 0. The first-order valence-corrected chi connectivity index (χ1v) is 5.27. The molecule has 1 fully saturated rings. The normalized spacial score (nSPS) is 34.9. The Morgan fingerprint density at radius 1 is 1.50 bits per heavy atom. The van der Waals surface area contributed by atoms with Gasteiger partial charge in [-0.15, -0.1) is 23.9 Å². The van der Waals surface area contributed by atoms with E-state index >= 15 is 0 Å². The molecule has 1 rings (SSSR count). The summed E-state index contributed by atoms with van der Waals surface area (Å²) in [5.74, 6) is 4.22. The Hall–Kier alpha value is -0.150. The van der Waals surface area contributed by atoms with Gasteiger partial charge in [-0.2, -0.15) is 0 Å². The zero-order chi connectivity index (χ0) is 8.97. The molecule has 0 aromatic rings. The predicted molar refractivity (Wildman–Crippen MR) is 54.2 cm³/mol. The summed E-state index contributed by atoms with van der Waals surface area (Å²) >= 11 is 6.13. The number of terminal acetylenes is 1. The fraction of sp³-hybridized carbons (Fsp3) is 0.818. The van der Waals surface area contributed by atoms with Crippen molar-refractivity contribution in [2.75, 3.05) is 0 Å². The van der Waals surface area contributed by atoms with Crippen molar-refractivity contribution in [2.24, 2.45) is 11.8 Å². The Labute approximate surface area is 80.7 Å². The van der Waals surface area contributed by atoms with E-state index in [4.69, 9.17) is 18.0 Å². The van der Waals surface area contributed by atoms with Crippen LogP contribution in [0.1, 0.15) is 39.0 Å². The molecule has 12 heavy (non-hydrogen) atoms. The van der Waals surface area contributed by atoms with Crippen molar-refractivity contribution < 1.29 is 0 Å². The van der Waals surface area contributed by atoms with E-state index in [2.05, 4.69) is 12.8 Å². The van der Waals surface area contributed by atoms with Crippen LogP contribution in [0.4, 0.5) is 0 Å². The lowest BCUT2D eigenvalue weighted by molar-refractivity contribution is 0.386. The van der Waals surface area contributed by atoms with Crippen molar-refractivity contribution in [3.8, 4) is 12.3 Å². The monoisotopic (exact) mass is 184 g/mol. The van der Waals surface area contributed by atoms with Gasteiger partial charge in [0.1, 0.15) is 0 Å². The number of unbranched alkanes of at least 4 members (excludes halogenated alkanes) is 1. The molecule has 0 aromatic heterocycles. The molecule has 1 heteroatoms. The van der Waals surface area contributed by atoms with Crippen molar-refractivity contribution in [1.82, 2.24) is 0 Å². The van der Waals surface area contributed by atoms with E-state index in [0.717, 1.165) is 12.3 Å². The van der Waals surface area contributed by atoms with Gasteiger partial charge in [-0.05, 0) is 37.5 Å². The first kappa shape index (κ1) is 9.93. The standard InChI is InChI=1S/C11H17Cl/c1-3-4-5-6-10-7-8-11(12)9(10)2/h1,9-11H,4-8H2,2H3. The highest BCUT2D eigenvalue weighted by atomic mass is 35.5. The van der Waals surface area contributed by atoms with Gasteiger partial charge in [0.05, 0.1) is 0 Å². The molecule has 0 nitrogen and oxygen atoms in total. The maximum atomic E-state index is 6.13. The van der Waals surface area contributed by atoms with Gasteiger partial charge in [-0.1, -0.05) is 6.92 Å². The Kier molecular flexibility index (Phi) is 3.95. The van der Waals surface area contributed by atoms with Gasteiger partial charge in [0.2, 0.25) is 0 Å². The van der Waals surface area contributed by atoms with Crippen LogP contribution >= 0.6 is 11.6 Å². The molecule has 0 spiro atoms. The maximum absolute atomic E-state index is 6.13. The predicted octanol–water partition coefficient (Wildman–Crippen LogP) is 3.44. The molecule has 3 atom stereocenters. The van der Waals surface area contributed by atoms with E-state index in [9.17, 15) is 0 Å². The van der Waals surface area contributed by atoms with Gasteiger partial charge < -0.3 is 0 Å². The van der Waals surface area contributed by atoms with Crippen LogP contribution in [0, 0.1) is 24.2 Å². The van der Waals surface area contributed by atoms with Crippen LogP contribution in [0.5, 0.6) is 0 Å². The zero-order valence-electron chi connectivity index (χ0n) is 7.72. The third kappa shape index (κ3) is 2.42. The molecule has 1 aliphatic carbocycles. The summed E-state index contributed by atoms with van der Waals surface area (Å²) in [6, 6.07) is 0. The van der Waals surface area contributed by atoms with Crippen LogP contribution in [-0.4, -0.2) is 5.38 Å². The van der Waals surface area contributed by atoms with Crippen molar-refractivity contribution in [2.45, 2.75) is 44.4 Å². The molecule has 0 aliphatic heterocycles. The molecule has 0 aromatic carbocycles. The zero-order valence-corrected chi connectivity index (χ0v) is 8.48. The second kappa shape index (κ2) is 4.77. The van der Waals surface area contributed by atoms with E-state index in [1.807, 2.05) is 0 Å². The number of halogens is 1. The quantitative estimate of drug-likeness (QED) is 0.358. The summed E-state index contributed by atoms with van der Waals surface area (Å²) < 4.78 is 0. The lowest BCUT2D eigenvalue weighted by atomic mass is 9.92. The summed E-state index contributed by atoms with van der Waals surface area (Å²) in [4.78, 5) is 0. The summed E-state index contributed by atoms with van der Waals surface area (Å²) in [6.07, 6.45) is 11.1. The third-order valence-electron chi connectivity index (χ3n) is 3.02. The molecule has 68 valence electrons. The molecular formula is C11H17Cl. The van der Waals surface area contributed by atoms with E-state index in [-0.39, 0.29) is 0 Å². The highest BCUT2D eigenvalue weighted by Gasteiger charge is 2.30. The SMILES string of the molecule is C#CCCCC1CCC(Cl)C1C. The average molecular weight is 185 g/mol. The molecule has 0 saturated heterocycles. The van der Waals surface area contributed by atoms with E-state index in [1.54, 1.807) is 0 Å². The van der Waals surface area contributed by atoms with Gasteiger partial charge in [-0.3, -0.25) is 0 Å². The molecule has 0 bridgehead atoms. The van der Waals surface area contributed by atoms with Crippen LogP contribution < -0.4 is 0 Å². The fourth-order valence-corrected chi connectivity index (χ4v) is 2.40. The number of rotatable bonds is 3. The lowest BCUT2D eigenvalue weighted by Crippen LogP contribution is -2.10. The summed E-state index contributed by atoms with van der Waals surface area (Å²) in [7, 11) is 0. The second-order valence-electron chi connectivity index (χ2n) is 3.81. The molecular weight excluding hydrogens is 168 g/mol. The largest absolute Gasteiger partial charge is 0.123 e. The molecule has 0 amide bonds. The van der Waals surface area contributed by atoms with Crippen LogP contribution in [0.15, 0.2) is 0 Å². The Morgan fingerprint density at radius 3 is 2.75 bits per heavy atom. The summed E-state index contributed by atoms with van der Waals surface area (Å²) in [6.45, 7) is 2.27. The van der Waals surface area contributed by atoms with E-state index < -0.39 is 0 Å². The van der Waals surface area contributed by atoms with Gasteiger partial charge in [0.15, 0.2) is 0 Å². The van der Waals surface area contributed by atoms with Gasteiger partial charge in [0, 0.05) is 11.8 Å². The highest BCUT2D eigenvalue weighted by Crippen LogP contribution is 2.37. The van der Waals surface area contributed by atoms with Gasteiger partial charge in [0.25, 0.3) is 0 Å². The molecule has 1 aliphatic rings. The van der Waals surface area contributed by atoms with Crippen molar-refractivity contribution in [3.05, 3.63) is 0 Å². The summed E-state index contributed by atoms with van der Waals surface area (Å²) in [5, 5.41) is 0.417. The van der Waals surface area contributed by atoms with Crippen LogP contribution in [0.25, 0.3) is 0 Å². The minimum absolute atomic E-state index is 0.417. The van der Waals surface area contributed by atoms with Gasteiger partial charge in [-0.25, -0.2) is 0 Å². The van der Waals surface area contributed by atoms with Crippen LogP contribution in [0.2, 0.25) is 0 Å². The van der Waals surface area contributed by atoms with Crippen LogP contribution in [0.3, 0.4) is 0 Å². The Bertz CT molecular complexity index is 168. The number of alkyl halides is 1. The van der Waals surface area contributed by atoms with Gasteiger partial charge >= 0.3 is 0 Å². The fourth-order valence-electron chi connectivity index (χ4n) is 2.07. The lowest BCUT2D eigenvalue weighted by Gasteiger charge is -2.15. The molecule has 0 radical (unpaired) electrons. The highest BCUT2D eigenvalue weighted by molar-refractivity contribution is 6.20. The second-order valence-corrected chi connectivity index (χ2v) is 4.37. The van der Waals surface area contributed by atoms with E-state index in [0.29, 0.717) is 11.3 Å².